The molecular formula is C14H12BrClO3S. The summed E-state index contributed by atoms with van der Waals surface area (Å²) in [5, 5.41) is 1.18. The average Bonchev–Trinajstić information content (AvgIpc) is 2.38. The summed E-state index contributed by atoms with van der Waals surface area (Å²) >= 11 is 9.33. The van der Waals surface area contributed by atoms with E-state index < -0.39 is 9.84 Å². The molecule has 0 aromatic heterocycles. The second kappa shape index (κ2) is 6.16. The van der Waals surface area contributed by atoms with Crippen LogP contribution in [-0.4, -0.2) is 14.7 Å². The molecule has 0 radical (unpaired) electrons. The number of ether oxygens (including phenoxy) is 1. The van der Waals surface area contributed by atoms with Crippen LogP contribution >= 0.6 is 27.5 Å². The monoisotopic (exact) mass is 374 g/mol. The molecule has 0 atom stereocenters. The highest BCUT2D eigenvalue weighted by atomic mass is 79.9. The smallest absolute Gasteiger partial charge is 0.175 e. The van der Waals surface area contributed by atoms with Gasteiger partial charge in [-0.05, 0) is 30.3 Å². The molecule has 6 heteroatoms. The summed E-state index contributed by atoms with van der Waals surface area (Å²) in [5.41, 5.74) is 0.930. The lowest BCUT2D eigenvalue weighted by Crippen LogP contribution is -1.97. The summed E-state index contributed by atoms with van der Waals surface area (Å²) in [6, 6.07) is 11.7. The van der Waals surface area contributed by atoms with Crippen molar-refractivity contribution >= 4 is 37.4 Å². The SMILES string of the molecule is CS(=O)(=O)c1cccc(Oc2cc(Cl)ccc2CBr)c1. The van der Waals surface area contributed by atoms with Gasteiger partial charge in [-0.3, -0.25) is 0 Å². The number of halogens is 2. The van der Waals surface area contributed by atoms with Gasteiger partial charge in [-0.25, -0.2) is 8.42 Å². The third kappa shape index (κ3) is 3.75. The fourth-order valence-electron chi connectivity index (χ4n) is 1.63. The maximum atomic E-state index is 11.5. The third-order valence-corrected chi connectivity index (χ3v) is 4.58. The highest BCUT2D eigenvalue weighted by molar-refractivity contribution is 9.08. The predicted octanol–water partition coefficient (Wildman–Crippen LogP) is 4.43. The standard InChI is InChI=1S/C14H12BrClO3S/c1-20(17,18)13-4-2-3-12(8-13)19-14-7-11(16)6-5-10(14)9-15/h2-8H,9H2,1H3. The molecular weight excluding hydrogens is 364 g/mol. The van der Waals surface area contributed by atoms with E-state index in [9.17, 15) is 8.42 Å². The van der Waals surface area contributed by atoms with E-state index >= 15 is 0 Å². The number of hydrogen-bond acceptors (Lipinski definition) is 3. The summed E-state index contributed by atoms with van der Waals surface area (Å²) in [6.45, 7) is 0. The molecule has 3 nitrogen and oxygen atoms in total. The molecule has 0 bridgehead atoms. The molecule has 0 fully saturated rings. The summed E-state index contributed by atoms with van der Waals surface area (Å²) < 4.78 is 28.8. The Hall–Kier alpha value is -1.04. The van der Waals surface area contributed by atoms with Gasteiger partial charge in [-0.1, -0.05) is 39.7 Å². The van der Waals surface area contributed by atoms with Crippen molar-refractivity contribution in [1.82, 2.24) is 0 Å². The van der Waals surface area contributed by atoms with Crippen molar-refractivity contribution in [2.45, 2.75) is 10.2 Å². The highest BCUT2D eigenvalue weighted by Gasteiger charge is 2.10. The molecule has 0 aliphatic rings. The Morgan fingerprint density at radius 2 is 1.95 bits per heavy atom. The van der Waals surface area contributed by atoms with Gasteiger partial charge in [0.1, 0.15) is 11.5 Å². The fraction of sp³-hybridized carbons (Fsp3) is 0.143. The molecule has 0 saturated heterocycles. The van der Waals surface area contributed by atoms with Crippen molar-refractivity contribution < 1.29 is 13.2 Å². The first-order valence-corrected chi connectivity index (χ1v) is 9.11. The first-order valence-electron chi connectivity index (χ1n) is 5.72. The van der Waals surface area contributed by atoms with Gasteiger partial charge < -0.3 is 4.74 Å². The molecule has 0 aliphatic heterocycles. The van der Waals surface area contributed by atoms with Crippen LogP contribution < -0.4 is 4.74 Å². The van der Waals surface area contributed by atoms with Gasteiger partial charge in [0.15, 0.2) is 9.84 Å². The first kappa shape index (κ1) is 15.4. The van der Waals surface area contributed by atoms with Crippen molar-refractivity contribution in [2.75, 3.05) is 6.26 Å². The van der Waals surface area contributed by atoms with Crippen LogP contribution in [0.15, 0.2) is 47.4 Å². The van der Waals surface area contributed by atoms with Gasteiger partial charge in [0, 0.05) is 22.2 Å². The zero-order valence-electron chi connectivity index (χ0n) is 10.6. The van der Waals surface area contributed by atoms with E-state index in [4.69, 9.17) is 16.3 Å². The van der Waals surface area contributed by atoms with Crippen LogP contribution in [0.25, 0.3) is 0 Å². The Kier molecular flexibility index (Phi) is 4.73. The Morgan fingerprint density at radius 3 is 2.60 bits per heavy atom. The van der Waals surface area contributed by atoms with Gasteiger partial charge in [-0.15, -0.1) is 0 Å². The number of sulfone groups is 1. The lowest BCUT2D eigenvalue weighted by atomic mass is 10.2. The van der Waals surface area contributed by atoms with E-state index in [2.05, 4.69) is 15.9 Å². The largest absolute Gasteiger partial charge is 0.457 e. The number of rotatable bonds is 4. The van der Waals surface area contributed by atoms with E-state index in [0.29, 0.717) is 21.9 Å². The van der Waals surface area contributed by atoms with Gasteiger partial charge in [0.2, 0.25) is 0 Å². The molecule has 2 rings (SSSR count). The Bertz CT molecular complexity index is 729. The maximum absolute atomic E-state index is 11.5. The predicted molar refractivity (Wildman–Crippen MR) is 83.7 cm³/mol. The van der Waals surface area contributed by atoms with Crippen LogP contribution in [0.5, 0.6) is 11.5 Å². The topological polar surface area (TPSA) is 43.4 Å². The maximum Gasteiger partial charge on any atom is 0.175 e. The van der Waals surface area contributed by atoms with Crippen LogP contribution in [-0.2, 0) is 15.2 Å². The number of alkyl halides is 1. The second-order valence-electron chi connectivity index (χ2n) is 4.23. The molecule has 0 saturated carbocycles. The number of hydrogen-bond donors (Lipinski definition) is 0. The lowest BCUT2D eigenvalue weighted by molar-refractivity contribution is 0.477. The molecule has 0 heterocycles. The minimum absolute atomic E-state index is 0.220. The zero-order chi connectivity index (χ0) is 14.8. The fourth-order valence-corrected chi connectivity index (χ4v) is 2.91. The van der Waals surface area contributed by atoms with Gasteiger partial charge >= 0.3 is 0 Å². The van der Waals surface area contributed by atoms with Crippen molar-refractivity contribution in [3.05, 3.63) is 53.1 Å². The normalized spacial score (nSPS) is 11.3. The molecule has 0 spiro atoms. The Labute approximate surface area is 131 Å². The highest BCUT2D eigenvalue weighted by Crippen LogP contribution is 2.30. The van der Waals surface area contributed by atoms with E-state index in [1.54, 1.807) is 24.3 Å². The van der Waals surface area contributed by atoms with E-state index in [1.165, 1.54) is 12.1 Å². The average molecular weight is 376 g/mol. The summed E-state index contributed by atoms with van der Waals surface area (Å²) in [7, 11) is -3.26. The van der Waals surface area contributed by atoms with E-state index in [0.717, 1.165) is 11.8 Å². The van der Waals surface area contributed by atoms with Crippen LogP contribution in [0.3, 0.4) is 0 Å². The molecule has 2 aromatic rings. The van der Waals surface area contributed by atoms with Crippen molar-refractivity contribution in [2.24, 2.45) is 0 Å². The molecule has 0 aliphatic carbocycles. The summed E-state index contributed by atoms with van der Waals surface area (Å²) in [4.78, 5) is 0.220. The minimum Gasteiger partial charge on any atom is -0.457 e. The lowest BCUT2D eigenvalue weighted by Gasteiger charge is -2.11. The van der Waals surface area contributed by atoms with E-state index in [-0.39, 0.29) is 4.90 Å². The van der Waals surface area contributed by atoms with Crippen LogP contribution in [0, 0.1) is 0 Å². The molecule has 0 N–H and O–H groups in total. The van der Waals surface area contributed by atoms with Crippen LogP contribution in [0.2, 0.25) is 5.02 Å². The molecule has 0 unspecified atom stereocenters. The zero-order valence-corrected chi connectivity index (χ0v) is 13.8. The third-order valence-electron chi connectivity index (χ3n) is 2.63. The Morgan fingerprint density at radius 1 is 1.20 bits per heavy atom. The number of benzene rings is 2. The minimum atomic E-state index is -3.26. The van der Waals surface area contributed by atoms with Crippen molar-refractivity contribution in [3.8, 4) is 11.5 Å². The van der Waals surface area contributed by atoms with Crippen LogP contribution in [0.1, 0.15) is 5.56 Å². The van der Waals surface area contributed by atoms with Gasteiger partial charge in [0.05, 0.1) is 4.90 Å². The van der Waals surface area contributed by atoms with Crippen molar-refractivity contribution in [3.63, 3.8) is 0 Å². The van der Waals surface area contributed by atoms with E-state index in [1.807, 2.05) is 6.07 Å². The second-order valence-corrected chi connectivity index (χ2v) is 7.25. The van der Waals surface area contributed by atoms with Gasteiger partial charge in [-0.2, -0.15) is 0 Å². The molecule has 20 heavy (non-hydrogen) atoms. The molecule has 0 amide bonds. The van der Waals surface area contributed by atoms with Crippen LogP contribution in [0.4, 0.5) is 0 Å². The quantitative estimate of drug-likeness (QED) is 0.742. The summed E-state index contributed by atoms with van der Waals surface area (Å²) in [6.07, 6.45) is 1.16. The van der Waals surface area contributed by atoms with Crippen molar-refractivity contribution in [1.29, 1.82) is 0 Å². The molecule has 2 aromatic carbocycles. The Balaban J connectivity index is 2.38. The first-order chi connectivity index (χ1) is 9.40. The van der Waals surface area contributed by atoms with Gasteiger partial charge in [0.25, 0.3) is 0 Å². The summed E-state index contributed by atoms with van der Waals surface area (Å²) in [5.74, 6) is 1.05. The molecule has 106 valence electrons.